The summed E-state index contributed by atoms with van der Waals surface area (Å²) in [6, 6.07) is 8.19. The fourth-order valence-corrected chi connectivity index (χ4v) is 5.63. The number of carbonyl (C=O) groups is 1. The molecule has 0 saturated carbocycles. The van der Waals surface area contributed by atoms with Crippen molar-refractivity contribution in [2.24, 2.45) is 0 Å². The Labute approximate surface area is 167 Å². The Morgan fingerprint density at radius 3 is 2.39 bits per heavy atom. The monoisotopic (exact) mass is 416 g/mol. The number of carbonyl (C=O) groups excluding carboxylic acids is 1. The van der Waals surface area contributed by atoms with Gasteiger partial charge in [-0.25, -0.2) is 18.4 Å². The average molecular weight is 417 g/mol. The van der Waals surface area contributed by atoms with E-state index in [4.69, 9.17) is 0 Å². The first kappa shape index (κ1) is 19.0. The van der Waals surface area contributed by atoms with E-state index >= 15 is 0 Å². The van der Waals surface area contributed by atoms with Crippen LogP contribution >= 0.6 is 11.3 Å². The van der Waals surface area contributed by atoms with Crippen LogP contribution in [0.1, 0.15) is 22.2 Å². The van der Waals surface area contributed by atoms with Crippen LogP contribution in [0.15, 0.2) is 41.6 Å². The van der Waals surface area contributed by atoms with Crippen LogP contribution in [0.3, 0.4) is 0 Å². The fraction of sp³-hybridized carbons (Fsp3) is 0.316. The SMILES string of the molecule is CC(=O)c1ccc(S(=O)(=O)N2CCN(c3ncnc4sc(C)cc34)CC2)cc1. The van der Waals surface area contributed by atoms with Gasteiger partial charge in [-0.05, 0) is 32.0 Å². The van der Waals surface area contributed by atoms with Crippen LogP contribution in [0.4, 0.5) is 5.82 Å². The molecule has 1 aliphatic rings. The maximum Gasteiger partial charge on any atom is 0.243 e. The summed E-state index contributed by atoms with van der Waals surface area (Å²) in [6.45, 7) is 5.38. The number of nitrogens with zero attached hydrogens (tertiary/aromatic N) is 4. The summed E-state index contributed by atoms with van der Waals surface area (Å²) in [4.78, 5) is 24.6. The molecule has 4 rings (SSSR count). The number of hydrogen-bond acceptors (Lipinski definition) is 7. The highest BCUT2D eigenvalue weighted by molar-refractivity contribution is 7.89. The van der Waals surface area contributed by atoms with Gasteiger partial charge in [-0.2, -0.15) is 4.31 Å². The molecule has 0 spiro atoms. The zero-order chi connectivity index (χ0) is 19.9. The number of fused-ring (bicyclic) bond motifs is 1. The minimum absolute atomic E-state index is 0.0857. The van der Waals surface area contributed by atoms with E-state index in [0.717, 1.165) is 16.0 Å². The van der Waals surface area contributed by atoms with Gasteiger partial charge in [0.25, 0.3) is 0 Å². The first-order valence-electron chi connectivity index (χ1n) is 8.93. The van der Waals surface area contributed by atoms with Crippen LogP contribution in [0.2, 0.25) is 0 Å². The molecule has 146 valence electrons. The lowest BCUT2D eigenvalue weighted by Gasteiger charge is -2.34. The predicted octanol–water partition coefficient (Wildman–Crippen LogP) is 2.71. The molecule has 3 aromatic rings. The Kier molecular flexibility index (Phi) is 4.90. The summed E-state index contributed by atoms with van der Waals surface area (Å²) in [5, 5.41) is 1.01. The first-order chi connectivity index (χ1) is 13.4. The molecule has 7 nitrogen and oxygen atoms in total. The van der Waals surface area contributed by atoms with E-state index in [0.29, 0.717) is 31.7 Å². The molecule has 1 saturated heterocycles. The molecule has 2 aromatic heterocycles. The molecular formula is C19H20N4O3S2. The van der Waals surface area contributed by atoms with Crippen LogP contribution in [0.5, 0.6) is 0 Å². The second-order valence-corrected chi connectivity index (χ2v) is 9.92. The van der Waals surface area contributed by atoms with Gasteiger partial charge in [0.2, 0.25) is 10.0 Å². The molecule has 9 heteroatoms. The number of thiophene rings is 1. The van der Waals surface area contributed by atoms with Crippen molar-refractivity contribution in [2.45, 2.75) is 18.7 Å². The minimum Gasteiger partial charge on any atom is -0.353 e. The highest BCUT2D eigenvalue weighted by atomic mass is 32.2. The maximum atomic E-state index is 12.9. The quantitative estimate of drug-likeness (QED) is 0.608. The van der Waals surface area contributed by atoms with E-state index < -0.39 is 10.0 Å². The molecule has 28 heavy (non-hydrogen) atoms. The van der Waals surface area contributed by atoms with Gasteiger partial charge >= 0.3 is 0 Å². The Bertz CT molecular complexity index is 1130. The number of anilines is 1. The van der Waals surface area contributed by atoms with E-state index in [1.807, 2.05) is 6.92 Å². The van der Waals surface area contributed by atoms with Crippen LogP contribution in [-0.4, -0.2) is 54.7 Å². The van der Waals surface area contributed by atoms with Crippen molar-refractivity contribution in [1.29, 1.82) is 0 Å². The Morgan fingerprint density at radius 2 is 1.75 bits per heavy atom. The van der Waals surface area contributed by atoms with E-state index in [-0.39, 0.29) is 10.7 Å². The number of aryl methyl sites for hydroxylation is 1. The van der Waals surface area contributed by atoms with Crippen LogP contribution in [0.25, 0.3) is 10.2 Å². The lowest BCUT2D eigenvalue weighted by atomic mass is 10.2. The molecular weight excluding hydrogens is 396 g/mol. The minimum atomic E-state index is -3.58. The van der Waals surface area contributed by atoms with Gasteiger partial charge in [-0.15, -0.1) is 11.3 Å². The van der Waals surface area contributed by atoms with Crippen molar-refractivity contribution in [3.8, 4) is 0 Å². The normalized spacial score (nSPS) is 15.9. The van der Waals surface area contributed by atoms with Gasteiger partial charge in [0.1, 0.15) is 17.0 Å². The Hall–Kier alpha value is -2.36. The third kappa shape index (κ3) is 3.41. The number of sulfonamides is 1. The lowest BCUT2D eigenvalue weighted by Crippen LogP contribution is -2.49. The summed E-state index contributed by atoms with van der Waals surface area (Å²) in [5.74, 6) is 0.773. The molecule has 0 radical (unpaired) electrons. The first-order valence-corrected chi connectivity index (χ1v) is 11.2. The zero-order valence-corrected chi connectivity index (χ0v) is 17.3. The summed E-state index contributed by atoms with van der Waals surface area (Å²) in [6.07, 6.45) is 1.56. The number of benzene rings is 1. The van der Waals surface area contributed by atoms with Gasteiger partial charge < -0.3 is 4.90 Å². The van der Waals surface area contributed by atoms with E-state index in [1.165, 1.54) is 28.2 Å². The smallest absolute Gasteiger partial charge is 0.243 e. The largest absolute Gasteiger partial charge is 0.353 e. The summed E-state index contributed by atoms with van der Waals surface area (Å²) in [7, 11) is -3.58. The van der Waals surface area contributed by atoms with Gasteiger partial charge in [-0.1, -0.05) is 12.1 Å². The van der Waals surface area contributed by atoms with Crippen molar-refractivity contribution < 1.29 is 13.2 Å². The van der Waals surface area contributed by atoms with Gasteiger partial charge in [0.15, 0.2) is 5.78 Å². The number of rotatable bonds is 4. The molecule has 0 amide bonds. The molecule has 1 fully saturated rings. The van der Waals surface area contributed by atoms with Crippen LogP contribution in [-0.2, 0) is 10.0 Å². The van der Waals surface area contributed by atoms with Crippen molar-refractivity contribution >= 4 is 43.2 Å². The molecule has 1 aromatic carbocycles. The fourth-order valence-electron chi connectivity index (χ4n) is 3.37. The highest BCUT2D eigenvalue weighted by Crippen LogP contribution is 2.30. The topological polar surface area (TPSA) is 83.5 Å². The Balaban J connectivity index is 1.52. The number of Topliss-reactive ketones (excluding diaryl/α,β-unsaturated/α-hetero) is 1. The second-order valence-electron chi connectivity index (χ2n) is 6.74. The third-order valence-electron chi connectivity index (χ3n) is 4.87. The van der Waals surface area contributed by atoms with Crippen LogP contribution in [0, 0.1) is 6.92 Å². The van der Waals surface area contributed by atoms with Crippen molar-refractivity contribution in [2.75, 3.05) is 31.1 Å². The lowest BCUT2D eigenvalue weighted by molar-refractivity contribution is 0.101. The summed E-state index contributed by atoms with van der Waals surface area (Å²) >= 11 is 1.63. The van der Waals surface area contributed by atoms with E-state index in [9.17, 15) is 13.2 Å². The number of hydrogen-bond donors (Lipinski definition) is 0. The summed E-state index contributed by atoms with van der Waals surface area (Å²) < 4.78 is 27.3. The zero-order valence-electron chi connectivity index (χ0n) is 15.6. The van der Waals surface area contributed by atoms with Gasteiger partial charge in [0, 0.05) is 36.6 Å². The van der Waals surface area contributed by atoms with E-state index in [1.54, 1.807) is 29.8 Å². The molecule has 0 N–H and O–H groups in total. The van der Waals surface area contributed by atoms with E-state index in [2.05, 4.69) is 20.9 Å². The molecule has 0 bridgehead atoms. The Morgan fingerprint density at radius 1 is 1.07 bits per heavy atom. The third-order valence-corrected chi connectivity index (χ3v) is 7.74. The summed E-state index contributed by atoms with van der Waals surface area (Å²) in [5.41, 5.74) is 0.502. The molecule has 0 aliphatic carbocycles. The average Bonchev–Trinajstić information content (AvgIpc) is 3.08. The standard InChI is InChI=1S/C19H20N4O3S2/c1-13-11-17-18(20-12-21-19(17)27-13)22-7-9-23(10-8-22)28(25,26)16-5-3-15(4-6-16)14(2)24/h3-6,11-12H,7-10H2,1-2H3. The molecule has 0 atom stereocenters. The highest BCUT2D eigenvalue weighted by Gasteiger charge is 2.29. The molecule has 1 aliphatic heterocycles. The predicted molar refractivity (Wildman–Crippen MR) is 110 cm³/mol. The van der Waals surface area contributed by atoms with Crippen molar-refractivity contribution in [3.63, 3.8) is 0 Å². The van der Waals surface area contributed by atoms with Crippen molar-refractivity contribution in [3.05, 3.63) is 47.1 Å². The van der Waals surface area contributed by atoms with Gasteiger partial charge in [0.05, 0.1) is 10.3 Å². The van der Waals surface area contributed by atoms with Crippen LogP contribution < -0.4 is 4.90 Å². The molecule has 3 heterocycles. The second kappa shape index (κ2) is 7.23. The van der Waals surface area contributed by atoms with Gasteiger partial charge in [-0.3, -0.25) is 4.79 Å². The molecule has 0 unspecified atom stereocenters. The van der Waals surface area contributed by atoms with Crippen molar-refractivity contribution in [1.82, 2.24) is 14.3 Å². The maximum absolute atomic E-state index is 12.9. The number of ketones is 1. The number of aromatic nitrogens is 2. The number of piperazine rings is 1.